The largest absolute Gasteiger partial charge is 0.347 e. The van der Waals surface area contributed by atoms with Crippen molar-refractivity contribution in [3.05, 3.63) is 22.1 Å². The molecule has 0 bridgehead atoms. The molecule has 1 N–H and O–H groups in total. The van der Waals surface area contributed by atoms with Crippen LogP contribution in [0.1, 0.15) is 60.0 Å². The predicted octanol–water partition coefficient (Wildman–Crippen LogP) is 3.05. The van der Waals surface area contributed by atoms with Gasteiger partial charge in [-0.05, 0) is 51.5 Å². The lowest BCUT2D eigenvalue weighted by Gasteiger charge is -2.10. The number of carbonyl (C=O) groups is 1. The molecule has 6 nitrogen and oxygen atoms in total. The molecular formula is C17H21N5OS. The van der Waals surface area contributed by atoms with Crippen LogP contribution in [0.5, 0.6) is 0 Å². The highest BCUT2D eigenvalue weighted by Crippen LogP contribution is 2.37. The fourth-order valence-corrected chi connectivity index (χ4v) is 4.54. The molecule has 3 heterocycles. The number of rotatable bonds is 3. The van der Waals surface area contributed by atoms with Gasteiger partial charge < -0.3 is 5.32 Å². The minimum absolute atomic E-state index is 0.109. The SMILES string of the molecule is CC[C@@H](C)NC(=O)c1nc2c3c4c(sc3nc(C)n2n1)CCCC4. The molecule has 3 aromatic heterocycles. The van der Waals surface area contributed by atoms with E-state index in [0.29, 0.717) is 0 Å². The molecule has 3 aromatic rings. The summed E-state index contributed by atoms with van der Waals surface area (Å²) >= 11 is 1.77. The zero-order valence-corrected chi connectivity index (χ0v) is 15.0. The molecule has 0 fully saturated rings. The zero-order chi connectivity index (χ0) is 16.8. The summed E-state index contributed by atoms with van der Waals surface area (Å²) in [6.07, 6.45) is 5.51. The summed E-state index contributed by atoms with van der Waals surface area (Å²) in [5.74, 6) is 0.777. The normalized spacial score (nSPS) is 15.6. The Labute approximate surface area is 144 Å². The third kappa shape index (κ3) is 2.38. The van der Waals surface area contributed by atoms with Crippen molar-refractivity contribution in [1.82, 2.24) is 24.9 Å². The average molecular weight is 343 g/mol. The van der Waals surface area contributed by atoms with E-state index in [2.05, 4.69) is 15.4 Å². The molecule has 0 saturated heterocycles. The molecule has 7 heteroatoms. The van der Waals surface area contributed by atoms with Crippen molar-refractivity contribution in [3.8, 4) is 0 Å². The van der Waals surface area contributed by atoms with E-state index in [4.69, 9.17) is 4.98 Å². The Balaban J connectivity index is 1.89. The molecule has 0 saturated carbocycles. The number of amides is 1. The van der Waals surface area contributed by atoms with Gasteiger partial charge in [0.15, 0.2) is 5.65 Å². The molecule has 0 spiro atoms. The fourth-order valence-electron chi connectivity index (χ4n) is 3.24. The third-order valence-electron chi connectivity index (χ3n) is 4.75. The molecule has 24 heavy (non-hydrogen) atoms. The van der Waals surface area contributed by atoms with Crippen molar-refractivity contribution >= 4 is 33.1 Å². The van der Waals surface area contributed by atoms with Crippen LogP contribution in [0.3, 0.4) is 0 Å². The van der Waals surface area contributed by atoms with Gasteiger partial charge in [0.1, 0.15) is 10.7 Å². The Morgan fingerprint density at radius 1 is 1.33 bits per heavy atom. The van der Waals surface area contributed by atoms with Gasteiger partial charge >= 0.3 is 0 Å². The van der Waals surface area contributed by atoms with E-state index in [1.807, 2.05) is 20.8 Å². The molecule has 126 valence electrons. The molecule has 0 aromatic carbocycles. The van der Waals surface area contributed by atoms with Crippen molar-refractivity contribution in [3.63, 3.8) is 0 Å². The minimum atomic E-state index is -0.218. The van der Waals surface area contributed by atoms with Crippen LogP contribution >= 0.6 is 11.3 Å². The topological polar surface area (TPSA) is 72.2 Å². The van der Waals surface area contributed by atoms with Crippen molar-refractivity contribution in [2.45, 2.75) is 58.9 Å². The second kappa shape index (κ2) is 5.81. The summed E-state index contributed by atoms with van der Waals surface area (Å²) in [5.41, 5.74) is 2.13. The lowest BCUT2D eigenvalue weighted by Crippen LogP contribution is -2.32. The number of hydrogen-bond acceptors (Lipinski definition) is 5. The Morgan fingerprint density at radius 3 is 2.92 bits per heavy atom. The smallest absolute Gasteiger partial charge is 0.291 e. The molecule has 0 aliphatic heterocycles. The summed E-state index contributed by atoms with van der Waals surface area (Å²) in [6.45, 7) is 5.93. The van der Waals surface area contributed by atoms with Gasteiger partial charge in [0.25, 0.3) is 5.91 Å². The molecule has 0 unspecified atom stereocenters. The first-order chi connectivity index (χ1) is 11.6. The van der Waals surface area contributed by atoms with Crippen LogP contribution in [-0.4, -0.2) is 31.5 Å². The first kappa shape index (κ1) is 15.5. The number of nitrogens with zero attached hydrogens (tertiary/aromatic N) is 4. The molecule has 1 atom stereocenters. The zero-order valence-electron chi connectivity index (χ0n) is 14.2. The maximum atomic E-state index is 12.4. The number of hydrogen-bond donors (Lipinski definition) is 1. The molecule has 1 aliphatic rings. The first-order valence-electron chi connectivity index (χ1n) is 8.57. The quantitative estimate of drug-likeness (QED) is 0.793. The number of fused-ring (bicyclic) bond motifs is 5. The number of aryl methyl sites for hydroxylation is 3. The number of aromatic nitrogens is 4. The monoisotopic (exact) mass is 343 g/mol. The molecule has 4 rings (SSSR count). The lowest BCUT2D eigenvalue weighted by atomic mass is 9.97. The number of nitrogens with one attached hydrogen (secondary N) is 1. The lowest BCUT2D eigenvalue weighted by molar-refractivity contribution is 0.0929. The van der Waals surface area contributed by atoms with Crippen molar-refractivity contribution in [2.24, 2.45) is 0 Å². The van der Waals surface area contributed by atoms with Crippen LogP contribution in [0.4, 0.5) is 0 Å². The van der Waals surface area contributed by atoms with E-state index in [-0.39, 0.29) is 17.8 Å². The van der Waals surface area contributed by atoms with Crippen molar-refractivity contribution < 1.29 is 4.79 Å². The number of carbonyl (C=O) groups excluding carboxylic acids is 1. The van der Waals surface area contributed by atoms with Gasteiger partial charge in [0, 0.05) is 10.9 Å². The molecular weight excluding hydrogens is 322 g/mol. The molecule has 1 amide bonds. The average Bonchev–Trinajstić information content (AvgIpc) is 3.15. The first-order valence-corrected chi connectivity index (χ1v) is 9.38. The summed E-state index contributed by atoms with van der Waals surface area (Å²) in [7, 11) is 0. The van der Waals surface area contributed by atoms with Crippen LogP contribution in [-0.2, 0) is 12.8 Å². The maximum absolute atomic E-state index is 12.4. The van der Waals surface area contributed by atoms with E-state index >= 15 is 0 Å². The highest BCUT2D eigenvalue weighted by Gasteiger charge is 2.23. The van der Waals surface area contributed by atoms with Crippen LogP contribution in [0.25, 0.3) is 15.9 Å². The van der Waals surface area contributed by atoms with Gasteiger partial charge in [-0.2, -0.15) is 4.52 Å². The third-order valence-corrected chi connectivity index (χ3v) is 5.93. The predicted molar refractivity (Wildman–Crippen MR) is 94.8 cm³/mol. The van der Waals surface area contributed by atoms with Crippen molar-refractivity contribution in [1.29, 1.82) is 0 Å². The Hall–Kier alpha value is -2.02. The maximum Gasteiger partial charge on any atom is 0.291 e. The summed E-state index contributed by atoms with van der Waals surface area (Å²) in [5, 5.41) is 8.44. The van der Waals surface area contributed by atoms with E-state index in [1.165, 1.54) is 23.3 Å². The van der Waals surface area contributed by atoms with Gasteiger partial charge in [0.05, 0.1) is 5.39 Å². The van der Waals surface area contributed by atoms with Gasteiger partial charge in [-0.3, -0.25) is 4.79 Å². The summed E-state index contributed by atoms with van der Waals surface area (Å²) in [4.78, 5) is 24.1. The molecule has 0 radical (unpaired) electrons. The fraction of sp³-hybridized carbons (Fsp3) is 0.529. The van der Waals surface area contributed by atoms with Crippen molar-refractivity contribution in [2.75, 3.05) is 0 Å². The minimum Gasteiger partial charge on any atom is -0.347 e. The Kier molecular flexibility index (Phi) is 3.75. The van der Waals surface area contributed by atoms with Gasteiger partial charge in [-0.1, -0.05) is 6.92 Å². The standard InChI is InChI=1S/C17H21N5OS/c1-4-9(2)18-16(23)14-20-15-13-11-7-5-6-8-12(11)24-17(13)19-10(3)22(15)21-14/h9H,4-8H2,1-3H3,(H,18,23)/t9-/m1/s1. The second-order valence-corrected chi connectivity index (χ2v) is 7.59. The summed E-state index contributed by atoms with van der Waals surface area (Å²) < 4.78 is 1.72. The van der Waals surface area contributed by atoms with Crippen LogP contribution < -0.4 is 5.32 Å². The van der Waals surface area contributed by atoms with Gasteiger partial charge in [-0.15, -0.1) is 16.4 Å². The highest BCUT2D eigenvalue weighted by molar-refractivity contribution is 7.19. The summed E-state index contributed by atoms with van der Waals surface area (Å²) in [6, 6.07) is 0.109. The van der Waals surface area contributed by atoms with E-state index in [1.54, 1.807) is 15.9 Å². The Morgan fingerprint density at radius 2 is 2.12 bits per heavy atom. The second-order valence-electron chi connectivity index (χ2n) is 6.50. The van der Waals surface area contributed by atoms with E-state index < -0.39 is 0 Å². The Bertz CT molecular complexity index is 942. The van der Waals surface area contributed by atoms with Gasteiger partial charge in [-0.25, -0.2) is 9.97 Å². The van der Waals surface area contributed by atoms with Gasteiger partial charge in [0.2, 0.25) is 5.82 Å². The van der Waals surface area contributed by atoms with E-state index in [9.17, 15) is 4.79 Å². The van der Waals surface area contributed by atoms with Crippen LogP contribution in [0, 0.1) is 6.92 Å². The van der Waals surface area contributed by atoms with Crippen LogP contribution in [0.2, 0.25) is 0 Å². The highest BCUT2D eigenvalue weighted by atomic mass is 32.1. The number of thiophene rings is 1. The molecule has 1 aliphatic carbocycles. The van der Waals surface area contributed by atoms with E-state index in [0.717, 1.165) is 41.0 Å². The van der Waals surface area contributed by atoms with Crippen LogP contribution in [0.15, 0.2) is 0 Å².